The highest BCUT2D eigenvalue weighted by molar-refractivity contribution is 6.33. The average Bonchev–Trinajstić information content (AvgIpc) is 2.70. The number of hydrogen-bond donors (Lipinski definition) is 0. The van der Waals surface area contributed by atoms with Crippen molar-refractivity contribution in [3.8, 4) is 5.69 Å². The molecule has 0 saturated carbocycles. The van der Waals surface area contributed by atoms with Gasteiger partial charge in [-0.15, -0.1) is 0 Å². The van der Waals surface area contributed by atoms with E-state index in [1.807, 2.05) is 18.3 Å². The third kappa shape index (κ3) is 1.48. The summed E-state index contributed by atoms with van der Waals surface area (Å²) in [6.45, 7) is 6.85. The Bertz CT molecular complexity index is 483. The molecule has 0 aliphatic heterocycles. The number of aromatic nitrogens is 2. The molecule has 4 heteroatoms. The molecule has 0 fully saturated rings. The van der Waals surface area contributed by atoms with E-state index in [0.717, 1.165) is 5.69 Å². The molecule has 0 aliphatic rings. The lowest BCUT2D eigenvalue weighted by atomic mass is 10.3. The van der Waals surface area contributed by atoms with E-state index in [4.69, 9.17) is 18.2 Å². The van der Waals surface area contributed by atoms with Gasteiger partial charge in [0.2, 0.25) is 5.69 Å². The van der Waals surface area contributed by atoms with Crippen LogP contribution in [0.4, 0.5) is 5.69 Å². The largest absolute Gasteiger partial charge is 0.241 e. The van der Waals surface area contributed by atoms with Crippen LogP contribution in [0.3, 0.4) is 0 Å². The Hall–Kier alpha value is -1.79. The fourth-order valence-corrected chi connectivity index (χ4v) is 1.37. The van der Waals surface area contributed by atoms with Crippen LogP contribution >= 0.6 is 11.6 Å². The lowest BCUT2D eigenvalue weighted by molar-refractivity contribution is 0.881. The number of nitrogens with zero attached hydrogens (tertiary/aromatic N) is 3. The van der Waals surface area contributed by atoms with Crippen LogP contribution < -0.4 is 0 Å². The van der Waals surface area contributed by atoms with E-state index in [1.165, 1.54) is 0 Å². The Morgan fingerprint density at radius 1 is 1.43 bits per heavy atom. The molecule has 0 radical (unpaired) electrons. The summed E-state index contributed by atoms with van der Waals surface area (Å²) in [6, 6.07) is 7.05. The zero-order chi connectivity index (χ0) is 9.97. The van der Waals surface area contributed by atoms with Gasteiger partial charge in [-0.05, 0) is 18.2 Å². The molecule has 0 saturated heterocycles. The summed E-state index contributed by atoms with van der Waals surface area (Å²) >= 11 is 5.89. The summed E-state index contributed by atoms with van der Waals surface area (Å²) in [4.78, 5) is 3.28. The Morgan fingerprint density at radius 3 is 2.86 bits per heavy atom. The van der Waals surface area contributed by atoms with Crippen molar-refractivity contribution >= 4 is 17.3 Å². The maximum Gasteiger partial charge on any atom is 0.205 e. The van der Waals surface area contributed by atoms with Gasteiger partial charge in [0.1, 0.15) is 0 Å². The van der Waals surface area contributed by atoms with Crippen molar-refractivity contribution in [2.45, 2.75) is 0 Å². The first kappa shape index (κ1) is 8.79. The van der Waals surface area contributed by atoms with Crippen LogP contribution in [0.1, 0.15) is 0 Å². The van der Waals surface area contributed by atoms with Crippen molar-refractivity contribution < 1.29 is 0 Å². The molecule has 14 heavy (non-hydrogen) atoms. The minimum Gasteiger partial charge on any atom is -0.241 e. The average molecular weight is 204 g/mol. The van der Waals surface area contributed by atoms with E-state index in [0.29, 0.717) is 10.7 Å². The van der Waals surface area contributed by atoms with Gasteiger partial charge >= 0.3 is 0 Å². The molecule has 0 aliphatic carbocycles. The second kappa shape index (κ2) is 3.52. The van der Waals surface area contributed by atoms with Crippen molar-refractivity contribution in [2.24, 2.45) is 0 Å². The van der Waals surface area contributed by atoms with Gasteiger partial charge in [-0.1, -0.05) is 17.7 Å². The second-order valence-corrected chi connectivity index (χ2v) is 3.11. The van der Waals surface area contributed by atoms with E-state index in [2.05, 4.69) is 9.94 Å². The number of benzene rings is 1. The van der Waals surface area contributed by atoms with Crippen molar-refractivity contribution in [1.29, 1.82) is 0 Å². The monoisotopic (exact) mass is 203 g/mol. The summed E-state index contributed by atoms with van der Waals surface area (Å²) in [5, 5.41) is 4.52. The molecule has 0 N–H and O–H groups in total. The first-order valence-corrected chi connectivity index (χ1v) is 4.36. The molecule has 0 spiro atoms. The fraction of sp³-hybridized carbons (Fsp3) is 0. The second-order valence-electron chi connectivity index (χ2n) is 2.70. The van der Waals surface area contributed by atoms with Crippen molar-refractivity contribution in [3.05, 3.63) is 53.1 Å². The van der Waals surface area contributed by atoms with E-state index < -0.39 is 0 Å². The summed E-state index contributed by atoms with van der Waals surface area (Å²) in [7, 11) is 0. The summed E-state index contributed by atoms with van der Waals surface area (Å²) < 4.78 is 1.69. The van der Waals surface area contributed by atoms with Gasteiger partial charge in [-0.25, -0.2) is 9.53 Å². The fourth-order valence-electron chi connectivity index (χ4n) is 1.15. The van der Waals surface area contributed by atoms with Gasteiger partial charge in [0.15, 0.2) is 0 Å². The number of hydrogen-bond acceptors (Lipinski definition) is 1. The predicted molar refractivity (Wildman–Crippen MR) is 54.8 cm³/mol. The van der Waals surface area contributed by atoms with Crippen LogP contribution in [0.5, 0.6) is 0 Å². The van der Waals surface area contributed by atoms with Crippen LogP contribution in [0.2, 0.25) is 5.02 Å². The van der Waals surface area contributed by atoms with Crippen molar-refractivity contribution in [3.63, 3.8) is 0 Å². The maximum absolute atomic E-state index is 6.85. The van der Waals surface area contributed by atoms with Gasteiger partial charge in [0.25, 0.3) is 0 Å². The van der Waals surface area contributed by atoms with Crippen LogP contribution in [0.25, 0.3) is 10.5 Å². The Labute approximate surface area is 86.4 Å². The topological polar surface area (TPSA) is 22.2 Å². The van der Waals surface area contributed by atoms with Gasteiger partial charge < -0.3 is 0 Å². The Kier molecular flexibility index (Phi) is 2.21. The van der Waals surface area contributed by atoms with Gasteiger partial charge in [-0.3, -0.25) is 0 Å². The minimum atomic E-state index is 0.452. The molecule has 2 rings (SSSR count). The number of halogens is 1. The van der Waals surface area contributed by atoms with E-state index in [-0.39, 0.29) is 0 Å². The molecule has 0 bridgehead atoms. The quantitative estimate of drug-likeness (QED) is 0.653. The summed E-state index contributed by atoms with van der Waals surface area (Å²) in [5.74, 6) is 0. The summed E-state index contributed by atoms with van der Waals surface area (Å²) in [6.07, 6.45) is 3.51. The highest BCUT2D eigenvalue weighted by Gasteiger charge is 2.02. The highest BCUT2D eigenvalue weighted by atomic mass is 35.5. The molecule has 0 amide bonds. The molecular weight excluding hydrogens is 198 g/mol. The molecule has 1 aromatic heterocycles. The molecule has 3 nitrogen and oxygen atoms in total. The summed E-state index contributed by atoms with van der Waals surface area (Å²) in [5.41, 5.74) is 1.31. The molecule has 0 unspecified atom stereocenters. The van der Waals surface area contributed by atoms with Crippen LogP contribution in [-0.4, -0.2) is 9.78 Å². The standard InChI is InChI=1S/C10H6ClN3/c1-12-10-4-3-8(7-9(10)11)14-6-2-5-13-14/h2-7H. The highest BCUT2D eigenvalue weighted by Crippen LogP contribution is 2.26. The Balaban J connectivity index is 2.49. The molecule has 2 aromatic rings. The normalized spacial score (nSPS) is 9.71. The molecule has 0 atom stereocenters. The van der Waals surface area contributed by atoms with Crippen LogP contribution in [0, 0.1) is 6.57 Å². The van der Waals surface area contributed by atoms with E-state index in [1.54, 1.807) is 23.0 Å². The zero-order valence-electron chi connectivity index (χ0n) is 7.18. The minimum absolute atomic E-state index is 0.452. The molecule has 68 valence electrons. The predicted octanol–water partition coefficient (Wildman–Crippen LogP) is 3.08. The van der Waals surface area contributed by atoms with Crippen LogP contribution in [0.15, 0.2) is 36.7 Å². The van der Waals surface area contributed by atoms with Gasteiger partial charge in [0, 0.05) is 17.4 Å². The van der Waals surface area contributed by atoms with E-state index in [9.17, 15) is 0 Å². The molecular formula is C10H6ClN3. The van der Waals surface area contributed by atoms with E-state index >= 15 is 0 Å². The van der Waals surface area contributed by atoms with Gasteiger partial charge in [-0.2, -0.15) is 5.10 Å². The van der Waals surface area contributed by atoms with Crippen LogP contribution in [-0.2, 0) is 0 Å². The first-order chi connectivity index (χ1) is 6.81. The zero-order valence-corrected chi connectivity index (χ0v) is 7.94. The smallest absolute Gasteiger partial charge is 0.205 e. The maximum atomic E-state index is 6.85. The number of rotatable bonds is 1. The third-order valence-electron chi connectivity index (χ3n) is 1.82. The lowest BCUT2D eigenvalue weighted by Crippen LogP contribution is -1.92. The third-order valence-corrected chi connectivity index (χ3v) is 2.12. The Morgan fingerprint density at radius 2 is 2.29 bits per heavy atom. The van der Waals surface area contributed by atoms with Crippen molar-refractivity contribution in [1.82, 2.24) is 9.78 Å². The SMILES string of the molecule is [C-]#[N+]c1ccc(-n2cccn2)cc1Cl. The molecule has 1 aromatic carbocycles. The molecule has 1 heterocycles. The van der Waals surface area contributed by atoms with Crippen molar-refractivity contribution in [2.75, 3.05) is 0 Å². The first-order valence-electron chi connectivity index (χ1n) is 3.98. The van der Waals surface area contributed by atoms with Gasteiger partial charge in [0.05, 0.1) is 12.3 Å². The lowest BCUT2D eigenvalue weighted by Gasteiger charge is -2.02.